The maximum absolute atomic E-state index is 13.3. The average molecular weight is 506 g/mol. The van der Waals surface area contributed by atoms with Crippen molar-refractivity contribution in [3.05, 3.63) is 48.5 Å². The number of aromatic nitrogens is 1. The molecular formula is C23H27N3O4S3. The number of nitrogens with zero attached hydrogens (tertiary/aromatic N) is 3. The zero-order chi connectivity index (χ0) is 23.3. The molecule has 0 unspecified atom stereocenters. The first kappa shape index (κ1) is 24.2. The number of thioether (sulfide) groups is 1. The second kappa shape index (κ2) is 11.0. The quantitative estimate of drug-likeness (QED) is 0.412. The summed E-state index contributed by atoms with van der Waals surface area (Å²) in [7, 11) is -3.53. The molecule has 0 aliphatic carbocycles. The van der Waals surface area contributed by atoms with Crippen LogP contribution >= 0.6 is 23.1 Å². The molecule has 2 aromatic carbocycles. The molecule has 1 amide bonds. The van der Waals surface area contributed by atoms with Crippen molar-refractivity contribution in [1.82, 2.24) is 9.88 Å². The van der Waals surface area contributed by atoms with E-state index < -0.39 is 9.84 Å². The molecule has 1 aliphatic heterocycles. The van der Waals surface area contributed by atoms with Crippen LogP contribution in [0.1, 0.15) is 6.42 Å². The first-order valence-electron chi connectivity index (χ1n) is 10.8. The van der Waals surface area contributed by atoms with E-state index >= 15 is 0 Å². The number of fused-ring (bicyclic) bond motifs is 1. The predicted molar refractivity (Wildman–Crippen MR) is 134 cm³/mol. The fourth-order valence-corrected chi connectivity index (χ4v) is 6.44. The van der Waals surface area contributed by atoms with Gasteiger partial charge in [0, 0.05) is 37.5 Å². The topological polar surface area (TPSA) is 79.8 Å². The zero-order valence-electron chi connectivity index (χ0n) is 18.5. The number of hydrogen-bond donors (Lipinski definition) is 0. The van der Waals surface area contributed by atoms with Gasteiger partial charge in [-0.2, -0.15) is 0 Å². The molecule has 0 N–H and O–H groups in total. The molecule has 33 heavy (non-hydrogen) atoms. The third-order valence-electron chi connectivity index (χ3n) is 5.55. The molecule has 1 saturated heterocycles. The van der Waals surface area contributed by atoms with Gasteiger partial charge in [0.15, 0.2) is 15.0 Å². The highest BCUT2D eigenvalue weighted by molar-refractivity contribution is 7.98. The lowest BCUT2D eigenvalue weighted by Gasteiger charge is -2.29. The molecule has 0 saturated carbocycles. The van der Waals surface area contributed by atoms with Crippen LogP contribution in [0.4, 0.5) is 5.13 Å². The van der Waals surface area contributed by atoms with Crippen LogP contribution in [0.3, 0.4) is 0 Å². The number of sulfone groups is 1. The maximum atomic E-state index is 13.3. The number of thiazole rings is 1. The molecule has 176 valence electrons. The number of anilines is 1. The summed E-state index contributed by atoms with van der Waals surface area (Å²) < 4.78 is 31.8. The van der Waals surface area contributed by atoms with Gasteiger partial charge in [-0.1, -0.05) is 29.5 Å². The Bertz CT molecular complexity index is 1190. The highest BCUT2D eigenvalue weighted by atomic mass is 32.2. The summed E-state index contributed by atoms with van der Waals surface area (Å²) in [5.74, 6) is -0.460. The second-order valence-electron chi connectivity index (χ2n) is 7.71. The summed E-state index contributed by atoms with van der Waals surface area (Å²) in [5, 5.41) is 0.610. The van der Waals surface area contributed by atoms with Crippen molar-refractivity contribution in [3.63, 3.8) is 0 Å². The van der Waals surface area contributed by atoms with E-state index in [4.69, 9.17) is 9.72 Å². The molecule has 4 rings (SSSR count). The van der Waals surface area contributed by atoms with Crippen LogP contribution in [0, 0.1) is 0 Å². The Morgan fingerprint density at radius 1 is 1.18 bits per heavy atom. The van der Waals surface area contributed by atoms with Gasteiger partial charge in [0.2, 0.25) is 5.91 Å². The lowest BCUT2D eigenvalue weighted by Crippen LogP contribution is -2.43. The van der Waals surface area contributed by atoms with Crippen LogP contribution < -0.4 is 4.90 Å². The van der Waals surface area contributed by atoms with E-state index in [9.17, 15) is 13.2 Å². The molecule has 3 aromatic rings. The highest BCUT2D eigenvalue weighted by Gasteiger charge is 2.24. The van der Waals surface area contributed by atoms with Crippen LogP contribution in [0.25, 0.3) is 10.2 Å². The van der Waals surface area contributed by atoms with Crippen molar-refractivity contribution in [2.24, 2.45) is 0 Å². The maximum Gasteiger partial charge on any atom is 0.229 e. The normalized spacial score (nSPS) is 15.1. The van der Waals surface area contributed by atoms with Gasteiger partial charge in [0.1, 0.15) is 0 Å². The molecule has 0 atom stereocenters. The minimum Gasteiger partial charge on any atom is -0.379 e. The van der Waals surface area contributed by atoms with E-state index in [0.29, 0.717) is 31.4 Å². The van der Waals surface area contributed by atoms with Crippen molar-refractivity contribution in [2.45, 2.75) is 16.2 Å². The van der Waals surface area contributed by atoms with Gasteiger partial charge in [-0.05, 0) is 36.6 Å². The highest BCUT2D eigenvalue weighted by Crippen LogP contribution is 2.32. The Morgan fingerprint density at radius 3 is 2.67 bits per heavy atom. The van der Waals surface area contributed by atoms with Crippen LogP contribution in [0.5, 0.6) is 0 Å². The smallest absolute Gasteiger partial charge is 0.229 e. The predicted octanol–water partition coefficient (Wildman–Crippen LogP) is 3.55. The molecular weight excluding hydrogens is 478 g/mol. The first-order valence-corrected chi connectivity index (χ1v) is 14.5. The lowest BCUT2D eigenvalue weighted by molar-refractivity contribution is -0.118. The number of carbonyl (C=O) groups is 1. The molecule has 0 spiro atoms. The Hall–Kier alpha value is -1.98. The third kappa shape index (κ3) is 6.13. The molecule has 0 bridgehead atoms. The summed E-state index contributed by atoms with van der Waals surface area (Å²) >= 11 is 3.13. The van der Waals surface area contributed by atoms with Crippen LogP contribution in [-0.4, -0.2) is 75.6 Å². The fraction of sp³-hybridized carbons (Fsp3) is 0.391. The van der Waals surface area contributed by atoms with Gasteiger partial charge in [0.05, 0.1) is 34.1 Å². The second-order valence-corrected chi connectivity index (χ2v) is 11.7. The first-order chi connectivity index (χ1) is 16.0. The largest absolute Gasteiger partial charge is 0.379 e. The zero-order valence-corrected chi connectivity index (χ0v) is 20.9. The number of hydrogen-bond acceptors (Lipinski definition) is 8. The number of amides is 1. The van der Waals surface area contributed by atoms with Crippen molar-refractivity contribution in [1.29, 1.82) is 0 Å². The van der Waals surface area contributed by atoms with E-state index in [1.165, 1.54) is 11.3 Å². The van der Waals surface area contributed by atoms with Gasteiger partial charge in [-0.25, -0.2) is 13.4 Å². The fourth-order valence-electron chi connectivity index (χ4n) is 3.63. The minimum absolute atomic E-state index is 0.0909. The van der Waals surface area contributed by atoms with Gasteiger partial charge < -0.3 is 4.74 Å². The summed E-state index contributed by atoms with van der Waals surface area (Å²) in [4.78, 5) is 23.3. The van der Waals surface area contributed by atoms with Crippen LogP contribution in [0.2, 0.25) is 0 Å². The minimum atomic E-state index is -3.53. The van der Waals surface area contributed by atoms with Crippen molar-refractivity contribution in [2.75, 3.05) is 56.3 Å². The molecule has 1 aromatic heterocycles. The number of morpholine rings is 1. The van der Waals surface area contributed by atoms with Crippen molar-refractivity contribution < 1.29 is 17.9 Å². The number of benzene rings is 2. The van der Waals surface area contributed by atoms with Crippen molar-refractivity contribution in [3.8, 4) is 0 Å². The number of rotatable bonds is 9. The monoisotopic (exact) mass is 505 g/mol. The number of ether oxygens (including phenoxy) is 1. The summed E-state index contributed by atoms with van der Waals surface area (Å²) in [5.41, 5.74) is 0.842. The Kier molecular flexibility index (Phi) is 8.02. The Morgan fingerprint density at radius 2 is 1.94 bits per heavy atom. The van der Waals surface area contributed by atoms with Crippen LogP contribution in [0.15, 0.2) is 58.3 Å². The average Bonchev–Trinajstić information content (AvgIpc) is 3.27. The van der Waals surface area contributed by atoms with Gasteiger partial charge in [-0.3, -0.25) is 14.6 Å². The van der Waals surface area contributed by atoms with E-state index in [1.807, 2.05) is 18.4 Å². The summed E-state index contributed by atoms with van der Waals surface area (Å²) in [6, 6.07) is 14.3. The van der Waals surface area contributed by atoms with E-state index in [-0.39, 0.29) is 23.0 Å². The standard InChI is InChI=1S/C23H27N3O4S3/c1-31-18-7-8-20-21(17-18)32-23(24-20)26(11-10-25-12-14-30-15-13-25)22(27)9-16-33(28,29)19-5-3-2-4-6-19/h2-8,17H,9-16H2,1H3. The molecule has 1 aliphatic rings. The summed E-state index contributed by atoms with van der Waals surface area (Å²) in [6.07, 6.45) is 1.93. The molecule has 7 nitrogen and oxygen atoms in total. The summed E-state index contributed by atoms with van der Waals surface area (Å²) in [6.45, 7) is 4.15. The number of carbonyl (C=O) groups excluding carboxylic acids is 1. The molecule has 0 radical (unpaired) electrons. The van der Waals surface area contributed by atoms with E-state index in [2.05, 4.69) is 11.0 Å². The molecule has 10 heteroatoms. The lowest BCUT2D eigenvalue weighted by atomic mass is 10.3. The third-order valence-corrected chi connectivity index (χ3v) is 9.05. The SMILES string of the molecule is CSc1ccc2nc(N(CCN3CCOCC3)C(=O)CCS(=O)(=O)c3ccccc3)sc2c1. The van der Waals surface area contributed by atoms with Gasteiger partial charge >= 0.3 is 0 Å². The van der Waals surface area contributed by atoms with Crippen LogP contribution in [-0.2, 0) is 19.4 Å². The van der Waals surface area contributed by atoms with E-state index in [1.54, 1.807) is 47.0 Å². The molecule has 2 heterocycles. The Labute approximate surface area is 202 Å². The van der Waals surface area contributed by atoms with Gasteiger partial charge in [-0.15, -0.1) is 11.8 Å². The van der Waals surface area contributed by atoms with Crippen molar-refractivity contribution >= 4 is 54.2 Å². The van der Waals surface area contributed by atoms with Gasteiger partial charge in [0.25, 0.3) is 0 Å². The molecule has 1 fully saturated rings. The van der Waals surface area contributed by atoms with E-state index in [0.717, 1.165) is 28.2 Å². The Balaban J connectivity index is 1.53.